The molecule has 0 spiro atoms. The summed E-state index contributed by atoms with van der Waals surface area (Å²) in [6.07, 6.45) is 0. The van der Waals surface area contributed by atoms with E-state index < -0.39 is 23.3 Å². The van der Waals surface area contributed by atoms with E-state index in [0.717, 1.165) is 5.56 Å². The molecule has 0 aromatic heterocycles. The first kappa shape index (κ1) is 20.1. The molecule has 2 N–H and O–H groups in total. The number of hydrogen-bond donors (Lipinski definition) is 2. The Balaban J connectivity index is 1.57. The quantitative estimate of drug-likeness (QED) is 0.286. The van der Waals surface area contributed by atoms with E-state index in [9.17, 15) is 19.5 Å². The first-order valence-corrected chi connectivity index (χ1v) is 10.5. The normalized spacial score (nSPS) is 20.7. The Hall–Kier alpha value is -2.62. The summed E-state index contributed by atoms with van der Waals surface area (Å²) in [5, 5.41) is 15.1. The lowest BCUT2D eigenvalue weighted by Crippen LogP contribution is -2.70. The second kappa shape index (κ2) is 9.05. The minimum Gasteiger partial charge on any atom is -0.477 e. The highest BCUT2D eigenvalue weighted by molar-refractivity contribution is 8.00. The van der Waals surface area contributed by atoms with E-state index in [-0.39, 0.29) is 23.9 Å². The number of nitrogens with zero attached hydrogens (tertiary/aromatic N) is 4. The predicted octanol–water partition coefficient (Wildman–Crippen LogP) is 1.97. The zero-order valence-electron chi connectivity index (χ0n) is 14.6. The largest absolute Gasteiger partial charge is 0.477 e. The van der Waals surface area contributed by atoms with E-state index in [1.807, 2.05) is 30.3 Å². The monoisotopic (exact) mass is 419 g/mol. The van der Waals surface area contributed by atoms with Crippen LogP contribution in [0.2, 0.25) is 0 Å². The molecule has 2 heterocycles. The van der Waals surface area contributed by atoms with Crippen molar-refractivity contribution in [2.75, 3.05) is 18.1 Å². The van der Waals surface area contributed by atoms with E-state index in [0.29, 0.717) is 17.1 Å². The third kappa shape index (κ3) is 4.27. The summed E-state index contributed by atoms with van der Waals surface area (Å²) in [6, 6.07) is 9.00. The van der Waals surface area contributed by atoms with Gasteiger partial charge >= 0.3 is 5.97 Å². The summed E-state index contributed by atoms with van der Waals surface area (Å²) in [7, 11) is 0. The number of hydrogen-bond acceptors (Lipinski definition) is 6. The predicted molar refractivity (Wildman–Crippen MR) is 106 cm³/mol. The van der Waals surface area contributed by atoms with Gasteiger partial charge in [-0.3, -0.25) is 14.5 Å². The molecule has 0 unspecified atom stereocenters. The van der Waals surface area contributed by atoms with Crippen LogP contribution in [-0.2, 0) is 20.1 Å². The van der Waals surface area contributed by atoms with Crippen LogP contribution in [0.15, 0.2) is 46.7 Å². The average Bonchev–Trinajstić information content (AvgIpc) is 2.70. The standard InChI is InChI=1S/C17H17N5O4S2/c18-21-19-6-11-8-28-16-13(15(24)22(16)14(11)17(25)26)20-12(23)9-27-7-10-4-2-1-3-5-10/h1-5,13,16H,6-9H2,(H,20,23)(H,25,26)/t13-,16-/m1/s1. The van der Waals surface area contributed by atoms with Crippen LogP contribution in [0.3, 0.4) is 0 Å². The van der Waals surface area contributed by atoms with Crippen molar-refractivity contribution in [1.82, 2.24) is 10.2 Å². The van der Waals surface area contributed by atoms with Crippen LogP contribution in [0.25, 0.3) is 10.4 Å². The number of nitrogens with one attached hydrogen (secondary N) is 1. The number of benzene rings is 1. The van der Waals surface area contributed by atoms with Crippen LogP contribution in [0.4, 0.5) is 0 Å². The SMILES string of the molecule is [N-]=[N+]=NCC1=C(C(=O)O)N2C(=O)[C@@H](NC(=O)CSCc3ccccc3)[C@H]2SC1. The number of azide groups is 1. The molecular weight excluding hydrogens is 402 g/mol. The molecule has 3 rings (SSSR count). The Kier molecular flexibility index (Phi) is 6.50. The van der Waals surface area contributed by atoms with Crippen molar-refractivity contribution in [2.45, 2.75) is 17.2 Å². The summed E-state index contributed by atoms with van der Waals surface area (Å²) in [6.45, 7) is -0.102. The van der Waals surface area contributed by atoms with Gasteiger partial charge in [0.05, 0.1) is 12.3 Å². The van der Waals surface area contributed by atoms with Gasteiger partial charge in [0.15, 0.2) is 0 Å². The zero-order valence-corrected chi connectivity index (χ0v) is 16.3. The van der Waals surface area contributed by atoms with E-state index in [4.69, 9.17) is 5.53 Å². The molecule has 0 bridgehead atoms. The van der Waals surface area contributed by atoms with Crippen molar-refractivity contribution in [2.24, 2.45) is 5.11 Å². The lowest BCUT2D eigenvalue weighted by atomic mass is 10.0. The fourth-order valence-corrected chi connectivity index (χ4v) is 5.11. The molecule has 146 valence electrons. The molecule has 1 aromatic carbocycles. The molecular formula is C17H17N5O4S2. The van der Waals surface area contributed by atoms with Crippen molar-refractivity contribution in [1.29, 1.82) is 0 Å². The van der Waals surface area contributed by atoms with Crippen LogP contribution < -0.4 is 5.32 Å². The molecule has 2 aliphatic rings. The van der Waals surface area contributed by atoms with Crippen LogP contribution >= 0.6 is 23.5 Å². The number of carboxylic acid groups (broad SMARTS) is 1. The first-order valence-electron chi connectivity index (χ1n) is 8.34. The molecule has 0 aliphatic carbocycles. The molecule has 1 aromatic rings. The summed E-state index contributed by atoms with van der Waals surface area (Å²) in [5.74, 6) is -0.754. The number of aliphatic carboxylic acids is 1. The minimum absolute atomic E-state index is 0.102. The molecule has 2 aliphatic heterocycles. The van der Waals surface area contributed by atoms with Crippen LogP contribution in [0.5, 0.6) is 0 Å². The number of rotatable bonds is 8. The Morgan fingerprint density at radius 1 is 1.39 bits per heavy atom. The number of amides is 2. The van der Waals surface area contributed by atoms with Gasteiger partial charge in [-0.2, -0.15) is 0 Å². The average molecular weight is 419 g/mol. The minimum atomic E-state index is -1.25. The zero-order chi connectivity index (χ0) is 20.1. The summed E-state index contributed by atoms with van der Waals surface area (Å²) >= 11 is 2.79. The maximum Gasteiger partial charge on any atom is 0.352 e. The van der Waals surface area contributed by atoms with E-state index in [1.165, 1.54) is 28.4 Å². The smallest absolute Gasteiger partial charge is 0.352 e. The van der Waals surface area contributed by atoms with Crippen molar-refractivity contribution in [3.05, 3.63) is 57.6 Å². The number of carbonyl (C=O) groups is 3. The van der Waals surface area contributed by atoms with Gasteiger partial charge < -0.3 is 10.4 Å². The molecule has 2 atom stereocenters. The highest BCUT2D eigenvalue weighted by atomic mass is 32.2. The Bertz CT molecular complexity index is 870. The van der Waals surface area contributed by atoms with Gasteiger partial charge in [0.25, 0.3) is 5.91 Å². The third-order valence-electron chi connectivity index (χ3n) is 4.24. The number of carboxylic acids is 1. The van der Waals surface area contributed by atoms with Gasteiger partial charge in [0.2, 0.25) is 5.91 Å². The van der Waals surface area contributed by atoms with E-state index in [2.05, 4.69) is 15.3 Å². The van der Waals surface area contributed by atoms with Gasteiger partial charge in [0.1, 0.15) is 17.1 Å². The van der Waals surface area contributed by atoms with Crippen LogP contribution in [0, 0.1) is 0 Å². The molecule has 2 amide bonds. The molecule has 0 saturated carbocycles. The summed E-state index contributed by atoms with van der Waals surface area (Å²) < 4.78 is 0. The molecule has 9 nitrogen and oxygen atoms in total. The number of thioether (sulfide) groups is 2. The Labute approximate surface area is 169 Å². The summed E-state index contributed by atoms with van der Waals surface area (Å²) in [4.78, 5) is 40.0. The topological polar surface area (TPSA) is 135 Å². The second-order valence-corrected chi connectivity index (χ2v) is 8.17. The fourth-order valence-electron chi connectivity index (χ4n) is 2.97. The van der Waals surface area contributed by atoms with Crippen molar-refractivity contribution in [3.8, 4) is 0 Å². The van der Waals surface area contributed by atoms with Gasteiger partial charge in [-0.25, -0.2) is 4.79 Å². The summed E-state index contributed by atoms with van der Waals surface area (Å²) in [5.41, 5.74) is 9.79. The maximum absolute atomic E-state index is 12.5. The Morgan fingerprint density at radius 3 is 2.82 bits per heavy atom. The highest BCUT2D eigenvalue weighted by Crippen LogP contribution is 2.40. The van der Waals surface area contributed by atoms with Gasteiger partial charge in [-0.05, 0) is 16.7 Å². The molecule has 1 fully saturated rings. The number of carbonyl (C=O) groups excluding carboxylic acids is 2. The maximum atomic E-state index is 12.5. The fraction of sp³-hybridized carbons (Fsp3) is 0.353. The van der Waals surface area contributed by atoms with Crippen molar-refractivity contribution < 1.29 is 19.5 Å². The molecule has 11 heteroatoms. The highest BCUT2D eigenvalue weighted by Gasteiger charge is 2.53. The second-order valence-electron chi connectivity index (χ2n) is 6.08. The van der Waals surface area contributed by atoms with Crippen molar-refractivity contribution in [3.63, 3.8) is 0 Å². The number of fused-ring (bicyclic) bond motifs is 1. The van der Waals surface area contributed by atoms with Crippen LogP contribution in [0.1, 0.15) is 5.56 Å². The lowest BCUT2D eigenvalue weighted by molar-refractivity contribution is -0.150. The van der Waals surface area contributed by atoms with Gasteiger partial charge in [-0.15, -0.1) is 23.5 Å². The van der Waals surface area contributed by atoms with E-state index >= 15 is 0 Å². The van der Waals surface area contributed by atoms with E-state index in [1.54, 1.807) is 0 Å². The first-order chi connectivity index (χ1) is 13.5. The van der Waals surface area contributed by atoms with Gasteiger partial charge in [0, 0.05) is 16.4 Å². The van der Waals surface area contributed by atoms with Crippen molar-refractivity contribution >= 4 is 41.3 Å². The molecule has 28 heavy (non-hydrogen) atoms. The lowest BCUT2D eigenvalue weighted by Gasteiger charge is -2.49. The Morgan fingerprint density at radius 2 is 2.14 bits per heavy atom. The molecule has 1 saturated heterocycles. The van der Waals surface area contributed by atoms with Gasteiger partial charge in [-0.1, -0.05) is 35.4 Å². The number of β-lactam (4-membered cyclic amide) rings is 1. The molecule has 0 radical (unpaired) electrons. The third-order valence-corrected chi connectivity index (χ3v) is 6.58. The van der Waals surface area contributed by atoms with Crippen LogP contribution in [-0.4, -0.2) is 57.3 Å².